The molecule has 122 valence electrons. The molecule has 2 atom stereocenters. The highest BCUT2D eigenvalue weighted by molar-refractivity contribution is 5.81. The number of rotatable bonds is 6. The molecule has 0 saturated heterocycles. The Bertz CT molecular complexity index is 632. The number of carbonyl (C=O) groups excluding carboxylic acids is 1. The molecule has 0 saturated carbocycles. The fourth-order valence-corrected chi connectivity index (χ4v) is 2.33. The van der Waals surface area contributed by atoms with Crippen LogP contribution >= 0.6 is 0 Å². The van der Waals surface area contributed by atoms with Crippen molar-refractivity contribution in [2.75, 3.05) is 0 Å². The van der Waals surface area contributed by atoms with Gasteiger partial charge in [0, 0.05) is 0 Å². The molecule has 0 fully saturated rings. The Labute approximate surface area is 138 Å². The van der Waals surface area contributed by atoms with Gasteiger partial charge in [-0.25, -0.2) is 0 Å². The van der Waals surface area contributed by atoms with Crippen LogP contribution in [0.4, 0.5) is 0 Å². The van der Waals surface area contributed by atoms with Crippen molar-refractivity contribution in [2.45, 2.75) is 46.3 Å². The summed E-state index contributed by atoms with van der Waals surface area (Å²) in [6, 6.07) is 16.0. The molecule has 2 rings (SSSR count). The first-order chi connectivity index (χ1) is 11.0. The number of ether oxygens (including phenoxy) is 1. The summed E-state index contributed by atoms with van der Waals surface area (Å²) in [5, 5.41) is 3.00. The van der Waals surface area contributed by atoms with E-state index in [-0.39, 0.29) is 11.9 Å². The third-order valence-corrected chi connectivity index (χ3v) is 3.95. The van der Waals surface area contributed by atoms with Crippen molar-refractivity contribution >= 4 is 5.91 Å². The first-order valence-electron chi connectivity index (χ1n) is 8.12. The summed E-state index contributed by atoms with van der Waals surface area (Å²) in [5.74, 6) is 0.593. The van der Waals surface area contributed by atoms with E-state index in [0.717, 1.165) is 12.0 Å². The minimum absolute atomic E-state index is 0.0440. The Balaban J connectivity index is 1.92. The second-order valence-corrected chi connectivity index (χ2v) is 5.90. The Morgan fingerprint density at radius 1 is 1.04 bits per heavy atom. The van der Waals surface area contributed by atoms with E-state index in [0.29, 0.717) is 5.75 Å². The number of nitrogens with one attached hydrogen (secondary N) is 1. The summed E-state index contributed by atoms with van der Waals surface area (Å²) in [5.41, 5.74) is 3.56. The van der Waals surface area contributed by atoms with Gasteiger partial charge in [-0.2, -0.15) is 0 Å². The van der Waals surface area contributed by atoms with Gasteiger partial charge in [-0.3, -0.25) is 4.79 Å². The smallest absolute Gasteiger partial charge is 0.261 e. The van der Waals surface area contributed by atoms with Crippen LogP contribution in [0.25, 0.3) is 0 Å². The monoisotopic (exact) mass is 311 g/mol. The zero-order valence-electron chi connectivity index (χ0n) is 14.3. The molecular formula is C20H25NO2. The zero-order chi connectivity index (χ0) is 16.8. The Hall–Kier alpha value is -2.29. The summed E-state index contributed by atoms with van der Waals surface area (Å²) >= 11 is 0. The maximum Gasteiger partial charge on any atom is 0.261 e. The molecule has 0 unspecified atom stereocenters. The summed E-state index contributed by atoms with van der Waals surface area (Å²) in [6.07, 6.45) is 0.484. The number of aryl methyl sites for hydroxylation is 2. The molecule has 0 aromatic heterocycles. The number of carbonyl (C=O) groups is 1. The lowest BCUT2D eigenvalue weighted by atomic mass is 10.0. The molecule has 3 heteroatoms. The largest absolute Gasteiger partial charge is 0.481 e. The van der Waals surface area contributed by atoms with E-state index in [4.69, 9.17) is 4.74 Å². The van der Waals surface area contributed by atoms with Gasteiger partial charge in [-0.1, -0.05) is 48.9 Å². The van der Waals surface area contributed by atoms with Crippen LogP contribution in [-0.4, -0.2) is 12.0 Å². The van der Waals surface area contributed by atoms with Crippen molar-refractivity contribution in [3.63, 3.8) is 0 Å². The lowest BCUT2D eigenvalue weighted by Crippen LogP contribution is -2.37. The molecule has 0 heterocycles. The van der Waals surface area contributed by atoms with Crippen molar-refractivity contribution < 1.29 is 9.53 Å². The van der Waals surface area contributed by atoms with Crippen LogP contribution in [-0.2, 0) is 11.2 Å². The van der Waals surface area contributed by atoms with Gasteiger partial charge in [0.05, 0.1) is 6.04 Å². The highest BCUT2D eigenvalue weighted by Gasteiger charge is 2.17. The average Bonchev–Trinajstić information content (AvgIpc) is 2.56. The van der Waals surface area contributed by atoms with Crippen molar-refractivity contribution in [2.24, 2.45) is 0 Å². The molecule has 23 heavy (non-hydrogen) atoms. The Morgan fingerprint density at radius 2 is 1.65 bits per heavy atom. The SMILES string of the molecule is CCc1ccc([C@H](C)NC(=O)[C@@H](C)Oc2ccc(C)cc2)cc1. The van der Waals surface area contributed by atoms with Crippen LogP contribution < -0.4 is 10.1 Å². The van der Waals surface area contributed by atoms with Gasteiger partial charge in [0.25, 0.3) is 5.91 Å². The van der Waals surface area contributed by atoms with Gasteiger partial charge in [0.2, 0.25) is 0 Å². The molecular weight excluding hydrogens is 286 g/mol. The molecule has 0 aliphatic heterocycles. The normalized spacial score (nSPS) is 13.2. The molecule has 0 aliphatic carbocycles. The number of hydrogen-bond donors (Lipinski definition) is 1. The first kappa shape index (κ1) is 17.1. The van der Waals surface area contributed by atoms with Crippen LogP contribution in [0.15, 0.2) is 48.5 Å². The van der Waals surface area contributed by atoms with E-state index in [1.165, 1.54) is 11.1 Å². The first-order valence-corrected chi connectivity index (χ1v) is 8.12. The standard InChI is InChI=1S/C20H25NO2/c1-5-17-8-10-18(11-9-17)15(3)21-20(22)16(4)23-19-12-6-14(2)7-13-19/h6-13,15-16H,5H2,1-4H3,(H,21,22)/t15-,16+/m0/s1. The quantitative estimate of drug-likeness (QED) is 0.868. The molecule has 2 aromatic rings. The van der Waals surface area contributed by atoms with Gasteiger partial charge < -0.3 is 10.1 Å². The van der Waals surface area contributed by atoms with Gasteiger partial charge in [-0.05, 0) is 50.5 Å². The van der Waals surface area contributed by atoms with Gasteiger partial charge in [-0.15, -0.1) is 0 Å². The van der Waals surface area contributed by atoms with Gasteiger partial charge in [0.1, 0.15) is 5.75 Å². The van der Waals surface area contributed by atoms with E-state index in [9.17, 15) is 4.79 Å². The molecule has 0 bridgehead atoms. The van der Waals surface area contributed by atoms with Gasteiger partial charge >= 0.3 is 0 Å². The zero-order valence-corrected chi connectivity index (χ0v) is 14.3. The lowest BCUT2D eigenvalue weighted by Gasteiger charge is -2.19. The highest BCUT2D eigenvalue weighted by atomic mass is 16.5. The van der Waals surface area contributed by atoms with Crippen LogP contribution in [0.3, 0.4) is 0 Å². The van der Waals surface area contributed by atoms with Crippen molar-refractivity contribution in [1.29, 1.82) is 0 Å². The minimum Gasteiger partial charge on any atom is -0.481 e. The fourth-order valence-electron chi connectivity index (χ4n) is 2.33. The third-order valence-electron chi connectivity index (χ3n) is 3.95. The summed E-state index contributed by atoms with van der Waals surface area (Å²) in [7, 11) is 0. The van der Waals surface area contributed by atoms with Crippen molar-refractivity contribution in [1.82, 2.24) is 5.32 Å². The maximum atomic E-state index is 12.3. The average molecular weight is 311 g/mol. The predicted octanol–water partition coefficient (Wildman–Crippen LogP) is 4.20. The van der Waals surface area contributed by atoms with E-state index < -0.39 is 6.10 Å². The van der Waals surface area contributed by atoms with E-state index in [2.05, 4.69) is 36.5 Å². The lowest BCUT2D eigenvalue weighted by molar-refractivity contribution is -0.127. The minimum atomic E-state index is -0.532. The van der Waals surface area contributed by atoms with Crippen molar-refractivity contribution in [3.8, 4) is 5.75 Å². The summed E-state index contributed by atoms with van der Waals surface area (Å²) in [6.45, 7) is 7.90. The molecule has 0 spiro atoms. The van der Waals surface area contributed by atoms with E-state index in [1.807, 2.05) is 38.1 Å². The Morgan fingerprint density at radius 3 is 2.22 bits per heavy atom. The fraction of sp³-hybridized carbons (Fsp3) is 0.350. The molecule has 0 radical (unpaired) electrons. The Kier molecular flexibility index (Phi) is 5.80. The van der Waals surface area contributed by atoms with Crippen LogP contribution in [0, 0.1) is 6.92 Å². The second kappa shape index (κ2) is 7.82. The van der Waals surface area contributed by atoms with E-state index in [1.54, 1.807) is 6.92 Å². The number of hydrogen-bond acceptors (Lipinski definition) is 2. The van der Waals surface area contributed by atoms with Crippen molar-refractivity contribution in [3.05, 3.63) is 65.2 Å². The maximum absolute atomic E-state index is 12.3. The summed E-state index contributed by atoms with van der Waals surface area (Å²) in [4.78, 5) is 12.3. The van der Waals surface area contributed by atoms with Gasteiger partial charge in [0.15, 0.2) is 6.10 Å². The predicted molar refractivity (Wildman–Crippen MR) is 93.6 cm³/mol. The third kappa shape index (κ3) is 4.85. The van der Waals surface area contributed by atoms with E-state index >= 15 is 0 Å². The molecule has 0 aliphatic rings. The van der Waals surface area contributed by atoms with Crippen LogP contribution in [0.5, 0.6) is 5.75 Å². The molecule has 2 aromatic carbocycles. The molecule has 1 amide bonds. The molecule has 1 N–H and O–H groups in total. The second-order valence-electron chi connectivity index (χ2n) is 5.90. The highest BCUT2D eigenvalue weighted by Crippen LogP contribution is 2.16. The molecule has 3 nitrogen and oxygen atoms in total. The number of benzene rings is 2. The summed E-state index contributed by atoms with van der Waals surface area (Å²) < 4.78 is 5.69. The van der Waals surface area contributed by atoms with Crippen LogP contribution in [0.1, 0.15) is 43.5 Å². The number of amides is 1. The topological polar surface area (TPSA) is 38.3 Å². The van der Waals surface area contributed by atoms with Crippen LogP contribution in [0.2, 0.25) is 0 Å².